The summed E-state index contributed by atoms with van der Waals surface area (Å²) in [6.07, 6.45) is 3.33. The number of carbonyl (C=O) groups is 2. The van der Waals surface area contributed by atoms with Crippen LogP contribution in [0.1, 0.15) is 36.0 Å². The maximum atomic E-state index is 12.4. The number of phenols is 1. The molecule has 1 aliphatic rings. The maximum absolute atomic E-state index is 12.4. The molecule has 1 aromatic carbocycles. The standard InChI is InChI=1S/C14H18N2O4/c15-8-14(5-1-2-6-14)13(20)16-10-7-9(12(18)19)3-4-11(10)17/h3-4,7,17H,1-2,5-6,8,15H2,(H,16,20)(H,18,19). The van der Waals surface area contributed by atoms with Gasteiger partial charge in [0.15, 0.2) is 0 Å². The molecule has 108 valence electrons. The molecule has 1 amide bonds. The third kappa shape index (κ3) is 2.60. The summed E-state index contributed by atoms with van der Waals surface area (Å²) >= 11 is 0. The number of benzene rings is 1. The summed E-state index contributed by atoms with van der Waals surface area (Å²) in [5.74, 6) is -1.53. The molecule has 6 nitrogen and oxygen atoms in total. The van der Waals surface area contributed by atoms with Crippen molar-refractivity contribution >= 4 is 17.6 Å². The van der Waals surface area contributed by atoms with Crippen LogP contribution < -0.4 is 11.1 Å². The van der Waals surface area contributed by atoms with E-state index < -0.39 is 11.4 Å². The number of carboxylic acid groups (broad SMARTS) is 1. The van der Waals surface area contributed by atoms with Crippen molar-refractivity contribution in [1.82, 2.24) is 0 Å². The number of nitrogens with one attached hydrogen (secondary N) is 1. The first-order chi connectivity index (χ1) is 9.48. The van der Waals surface area contributed by atoms with E-state index in [0.717, 1.165) is 12.8 Å². The number of carboxylic acids is 1. The van der Waals surface area contributed by atoms with E-state index in [1.54, 1.807) is 0 Å². The van der Waals surface area contributed by atoms with Crippen LogP contribution in [0, 0.1) is 5.41 Å². The summed E-state index contributed by atoms with van der Waals surface area (Å²) < 4.78 is 0. The van der Waals surface area contributed by atoms with Crippen molar-refractivity contribution in [3.8, 4) is 5.75 Å². The van der Waals surface area contributed by atoms with Gasteiger partial charge in [-0.05, 0) is 31.0 Å². The number of hydrogen-bond acceptors (Lipinski definition) is 4. The fourth-order valence-corrected chi connectivity index (χ4v) is 2.60. The van der Waals surface area contributed by atoms with Crippen molar-refractivity contribution in [2.45, 2.75) is 25.7 Å². The van der Waals surface area contributed by atoms with Gasteiger partial charge in [-0.25, -0.2) is 4.79 Å². The number of hydrogen-bond donors (Lipinski definition) is 4. The Hall–Kier alpha value is -2.08. The molecule has 0 unspecified atom stereocenters. The molecular weight excluding hydrogens is 260 g/mol. The zero-order chi connectivity index (χ0) is 14.8. The van der Waals surface area contributed by atoms with Crippen LogP contribution in [-0.2, 0) is 4.79 Å². The third-order valence-electron chi connectivity index (χ3n) is 3.92. The van der Waals surface area contributed by atoms with E-state index in [1.807, 2.05) is 0 Å². The number of anilines is 1. The van der Waals surface area contributed by atoms with Crippen molar-refractivity contribution in [3.63, 3.8) is 0 Å². The normalized spacial score (nSPS) is 16.9. The Kier molecular flexibility index (Phi) is 3.94. The van der Waals surface area contributed by atoms with Crippen LogP contribution in [0.4, 0.5) is 5.69 Å². The van der Waals surface area contributed by atoms with Gasteiger partial charge in [-0.3, -0.25) is 4.79 Å². The first-order valence-electron chi connectivity index (χ1n) is 6.56. The first-order valence-corrected chi connectivity index (χ1v) is 6.56. The Morgan fingerprint density at radius 2 is 1.95 bits per heavy atom. The average molecular weight is 278 g/mol. The topological polar surface area (TPSA) is 113 Å². The van der Waals surface area contributed by atoms with Gasteiger partial charge in [0.05, 0.1) is 16.7 Å². The van der Waals surface area contributed by atoms with Gasteiger partial charge in [-0.15, -0.1) is 0 Å². The molecule has 2 rings (SSSR count). The quantitative estimate of drug-likeness (QED) is 0.624. The highest BCUT2D eigenvalue weighted by Crippen LogP contribution is 2.38. The highest BCUT2D eigenvalue weighted by Gasteiger charge is 2.40. The van der Waals surface area contributed by atoms with Crippen molar-refractivity contribution in [2.75, 3.05) is 11.9 Å². The van der Waals surface area contributed by atoms with Crippen LogP contribution in [0.2, 0.25) is 0 Å². The maximum Gasteiger partial charge on any atom is 0.335 e. The van der Waals surface area contributed by atoms with E-state index in [9.17, 15) is 14.7 Å². The number of phenolic OH excluding ortho intramolecular Hbond substituents is 1. The van der Waals surface area contributed by atoms with Crippen molar-refractivity contribution in [1.29, 1.82) is 0 Å². The molecule has 1 fully saturated rings. The lowest BCUT2D eigenvalue weighted by Gasteiger charge is -2.25. The Balaban J connectivity index is 2.23. The molecule has 20 heavy (non-hydrogen) atoms. The van der Waals surface area contributed by atoms with Crippen LogP contribution in [0.3, 0.4) is 0 Å². The summed E-state index contributed by atoms with van der Waals surface area (Å²) in [6.45, 7) is 0.248. The molecule has 0 aliphatic heterocycles. The summed E-state index contributed by atoms with van der Waals surface area (Å²) in [5, 5.41) is 21.3. The first kappa shape index (κ1) is 14.3. The molecular formula is C14H18N2O4. The van der Waals surface area contributed by atoms with E-state index in [1.165, 1.54) is 18.2 Å². The van der Waals surface area contributed by atoms with Crippen molar-refractivity contribution in [2.24, 2.45) is 11.1 Å². The Morgan fingerprint density at radius 3 is 2.50 bits per heavy atom. The lowest BCUT2D eigenvalue weighted by atomic mass is 9.85. The van der Waals surface area contributed by atoms with Crippen molar-refractivity contribution < 1.29 is 19.8 Å². The predicted molar refractivity (Wildman–Crippen MR) is 73.7 cm³/mol. The smallest absolute Gasteiger partial charge is 0.335 e. The molecule has 1 aliphatic carbocycles. The Labute approximate surface area is 116 Å². The van der Waals surface area contributed by atoms with Gasteiger partial charge in [-0.1, -0.05) is 12.8 Å². The van der Waals surface area contributed by atoms with Gasteiger partial charge in [0, 0.05) is 6.54 Å². The SMILES string of the molecule is NCC1(C(=O)Nc2cc(C(=O)O)ccc2O)CCCC1. The molecule has 1 aromatic rings. The summed E-state index contributed by atoms with van der Waals surface area (Å²) in [4.78, 5) is 23.3. The zero-order valence-corrected chi connectivity index (χ0v) is 11.1. The number of carbonyl (C=O) groups excluding carboxylic acids is 1. The molecule has 5 N–H and O–H groups in total. The monoisotopic (exact) mass is 278 g/mol. The summed E-state index contributed by atoms with van der Waals surface area (Å²) in [6, 6.07) is 3.78. The molecule has 0 heterocycles. The molecule has 6 heteroatoms. The van der Waals surface area contributed by atoms with E-state index in [4.69, 9.17) is 10.8 Å². The highest BCUT2D eigenvalue weighted by molar-refractivity contribution is 5.98. The zero-order valence-electron chi connectivity index (χ0n) is 11.1. The lowest BCUT2D eigenvalue weighted by molar-refractivity contribution is -0.124. The number of aromatic hydroxyl groups is 1. The highest BCUT2D eigenvalue weighted by atomic mass is 16.4. The molecule has 0 saturated heterocycles. The number of amides is 1. The van der Waals surface area contributed by atoms with Gasteiger partial charge in [0.1, 0.15) is 5.75 Å². The minimum Gasteiger partial charge on any atom is -0.506 e. The van der Waals surface area contributed by atoms with E-state index in [0.29, 0.717) is 12.8 Å². The largest absolute Gasteiger partial charge is 0.506 e. The van der Waals surface area contributed by atoms with Gasteiger partial charge < -0.3 is 21.3 Å². The van der Waals surface area contributed by atoms with Gasteiger partial charge in [-0.2, -0.15) is 0 Å². The third-order valence-corrected chi connectivity index (χ3v) is 3.92. The predicted octanol–water partition coefficient (Wildman–Crippen LogP) is 1.55. The average Bonchev–Trinajstić information content (AvgIpc) is 2.91. The fourth-order valence-electron chi connectivity index (χ4n) is 2.60. The van der Waals surface area contributed by atoms with Crippen LogP contribution in [0.5, 0.6) is 5.75 Å². The molecule has 0 atom stereocenters. The number of nitrogens with two attached hydrogens (primary N) is 1. The van der Waals surface area contributed by atoms with E-state index in [-0.39, 0.29) is 29.5 Å². The Morgan fingerprint density at radius 1 is 1.30 bits per heavy atom. The molecule has 0 spiro atoms. The molecule has 1 saturated carbocycles. The van der Waals surface area contributed by atoms with Crippen molar-refractivity contribution in [3.05, 3.63) is 23.8 Å². The number of aromatic carboxylic acids is 1. The summed E-state index contributed by atoms with van der Waals surface area (Å²) in [5.41, 5.74) is 5.23. The fraction of sp³-hybridized carbons (Fsp3) is 0.429. The van der Waals surface area contributed by atoms with Crippen LogP contribution in [-0.4, -0.2) is 28.6 Å². The van der Waals surface area contributed by atoms with Crippen LogP contribution in [0.15, 0.2) is 18.2 Å². The Bertz CT molecular complexity index is 536. The molecule has 0 bridgehead atoms. The molecule has 0 radical (unpaired) electrons. The van der Waals surface area contributed by atoms with E-state index >= 15 is 0 Å². The van der Waals surface area contributed by atoms with Crippen LogP contribution >= 0.6 is 0 Å². The number of rotatable bonds is 4. The van der Waals surface area contributed by atoms with Gasteiger partial charge >= 0.3 is 5.97 Å². The van der Waals surface area contributed by atoms with E-state index in [2.05, 4.69) is 5.32 Å². The summed E-state index contributed by atoms with van der Waals surface area (Å²) in [7, 11) is 0. The van der Waals surface area contributed by atoms with Gasteiger partial charge in [0.2, 0.25) is 5.91 Å². The second kappa shape index (κ2) is 5.50. The minimum atomic E-state index is -1.12. The molecule has 0 aromatic heterocycles. The second-order valence-corrected chi connectivity index (χ2v) is 5.18. The van der Waals surface area contributed by atoms with Crippen LogP contribution in [0.25, 0.3) is 0 Å². The minimum absolute atomic E-state index is 0.00585. The lowest BCUT2D eigenvalue weighted by Crippen LogP contribution is -2.40. The van der Waals surface area contributed by atoms with Gasteiger partial charge in [0.25, 0.3) is 0 Å². The second-order valence-electron chi connectivity index (χ2n) is 5.18.